The van der Waals surface area contributed by atoms with Crippen LogP contribution in [0, 0.1) is 5.82 Å². The molecule has 178 valence electrons. The van der Waals surface area contributed by atoms with Crippen molar-refractivity contribution in [3.05, 3.63) is 65.5 Å². The SMILES string of the molecule is I.NC(=NCc1cccc(C(=O)NCC2CCCO2)c1)N1CCN(c2ccc(F)cc2)CC1. The van der Waals surface area contributed by atoms with E-state index in [1.165, 1.54) is 12.1 Å². The summed E-state index contributed by atoms with van der Waals surface area (Å²) in [6, 6.07) is 14.0. The summed E-state index contributed by atoms with van der Waals surface area (Å²) in [5, 5.41) is 2.95. The molecule has 1 amide bonds. The number of carbonyl (C=O) groups is 1. The lowest BCUT2D eigenvalue weighted by atomic mass is 10.1. The van der Waals surface area contributed by atoms with Crippen LogP contribution in [0.15, 0.2) is 53.5 Å². The monoisotopic (exact) mass is 567 g/mol. The first-order valence-electron chi connectivity index (χ1n) is 11.1. The van der Waals surface area contributed by atoms with E-state index in [4.69, 9.17) is 10.5 Å². The van der Waals surface area contributed by atoms with Gasteiger partial charge in [0.25, 0.3) is 5.91 Å². The number of amides is 1. The van der Waals surface area contributed by atoms with Gasteiger partial charge in [0.1, 0.15) is 5.82 Å². The van der Waals surface area contributed by atoms with Crippen LogP contribution in [0.2, 0.25) is 0 Å². The Balaban J connectivity index is 0.00000306. The van der Waals surface area contributed by atoms with Crippen LogP contribution in [0.5, 0.6) is 0 Å². The Morgan fingerprint density at radius 1 is 1.15 bits per heavy atom. The molecule has 2 aromatic carbocycles. The summed E-state index contributed by atoms with van der Waals surface area (Å²) in [7, 11) is 0. The summed E-state index contributed by atoms with van der Waals surface area (Å²) in [6.45, 7) is 4.81. The summed E-state index contributed by atoms with van der Waals surface area (Å²) >= 11 is 0. The zero-order chi connectivity index (χ0) is 22.3. The third-order valence-electron chi connectivity index (χ3n) is 5.92. The van der Waals surface area contributed by atoms with Gasteiger partial charge in [-0.05, 0) is 54.8 Å². The van der Waals surface area contributed by atoms with E-state index in [0.717, 1.165) is 56.9 Å². The van der Waals surface area contributed by atoms with Crippen molar-refractivity contribution in [2.45, 2.75) is 25.5 Å². The first-order valence-corrected chi connectivity index (χ1v) is 11.1. The number of aliphatic imine (C=N–C) groups is 1. The van der Waals surface area contributed by atoms with E-state index in [-0.39, 0.29) is 41.8 Å². The van der Waals surface area contributed by atoms with Crippen molar-refractivity contribution in [3.63, 3.8) is 0 Å². The quantitative estimate of drug-likeness (QED) is 0.319. The van der Waals surface area contributed by atoms with Gasteiger partial charge in [-0.1, -0.05) is 12.1 Å². The number of nitrogens with two attached hydrogens (primary N) is 1. The highest BCUT2D eigenvalue weighted by molar-refractivity contribution is 14.0. The average Bonchev–Trinajstić information content (AvgIpc) is 3.35. The molecular formula is C24H31FIN5O2. The van der Waals surface area contributed by atoms with E-state index in [1.807, 2.05) is 18.2 Å². The highest BCUT2D eigenvalue weighted by atomic mass is 127. The molecule has 2 saturated heterocycles. The molecule has 0 saturated carbocycles. The number of carbonyl (C=O) groups excluding carboxylic acids is 1. The number of rotatable bonds is 6. The van der Waals surface area contributed by atoms with Crippen LogP contribution in [0.25, 0.3) is 0 Å². The standard InChI is InChI=1S/C24H30FN5O2.HI/c25-20-6-8-21(9-7-20)29-10-12-30(13-11-29)24(26)28-16-18-3-1-4-19(15-18)23(31)27-17-22-5-2-14-32-22;/h1,3-4,6-9,15,22H,2,5,10-14,16-17H2,(H2,26,28)(H,27,31);1H. The van der Waals surface area contributed by atoms with E-state index in [2.05, 4.69) is 20.1 Å². The van der Waals surface area contributed by atoms with Crippen molar-refractivity contribution >= 4 is 41.5 Å². The number of piperazine rings is 1. The van der Waals surface area contributed by atoms with Crippen LogP contribution in [-0.2, 0) is 11.3 Å². The summed E-state index contributed by atoms with van der Waals surface area (Å²) in [5.74, 6) is 0.168. The molecule has 2 heterocycles. The summed E-state index contributed by atoms with van der Waals surface area (Å²) in [4.78, 5) is 21.2. The van der Waals surface area contributed by atoms with Gasteiger partial charge in [0, 0.05) is 50.6 Å². The maximum absolute atomic E-state index is 13.1. The van der Waals surface area contributed by atoms with Gasteiger partial charge in [0.2, 0.25) is 0 Å². The molecule has 0 radical (unpaired) electrons. The van der Waals surface area contributed by atoms with Crippen molar-refractivity contribution in [2.75, 3.05) is 44.2 Å². The Hall–Kier alpha value is -2.40. The molecule has 7 nitrogen and oxygen atoms in total. The predicted octanol–water partition coefficient (Wildman–Crippen LogP) is 2.99. The van der Waals surface area contributed by atoms with E-state index < -0.39 is 0 Å². The van der Waals surface area contributed by atoms with Crippen LogP contribution in [-0.4, -0.2) is 62.2 Å². The predicted molar refractivity (Wildman–Crippen MR) is 139 cm³/mol. The average molecular weight is 567 g/mol. The fraction of sp³-hybridized carbons (Fsp3) is 0.417. The minimum Gasteiger partial charge on any atom is -0.376 e. The fourth-order valence-electron chi connectivity index (χ4n) is 4.04. The lowest BCUT2D eigenvalue weighted by Crippen LogP contribution is -2.51. The molecule has 33 heavy (non-hydrogen) atoms. The molecule has 1 unspecified atom stereocenters. The van der Waals surface area contributed by atoms with Crippen molar-refractivity contribution in [1.29, 1.82) is 0 Å². The molecule has 3 N–H and O–H groups in total. The minimum absolute atomic E-state index is 0. The van der Waals surface area contributed by atoms with E-state index in [0.29, 0.717) is 24.6 Å². The Morgan fingerprint density at radius 3 is 2.61 bits per heavy atom. The molecule has 0 aliphatic carbocycles. The maximum Gasteiger partial charge on any atom is 0.251 e. The van der Waals surface area contributed by atoms with Crippen molar-refractivity contribution in [1.82, 2.24) is 10.2 Å². The van der Waals surface area contributed by atoms with Gasteiger partial charge in [0.05, 0.1) is 12.6 Å². The number of benzene rings is 2. The summed E-state index contributed by atoms with van der Waals surface area (Å²) < 4.78 is 18.7. The second-order valence-corrected chi connectivity index (χ2v) is 8.17. The van der Waals surface area contributed by atoms with Gasteiger partial charge in [0.15, 0.2) is 5.96 Å². The molecule has 2 aromatic rings. The van der Waals surface area contributed by atoms with Gasteiger partial charge < -0.3 is 25.6 Å². The zero-order valence-corrected chi connectivity index (χ0v) is 20.9. The number of hydrogen-bond donors (Lipinski definition) is 2. The first-order chi connectivity index (χ1) is 15.6. The zero-order valence-electron chi connectivity index (χ0n) is 18.6. The number of halogens is 2. The first kappa shape index (κ1) is 25.2. The van der Waals surface area contributed by atoms with Crippen molar-refractivity contribution in [2.24, 2.45) is 10.7 Å². The smallest absolute Gasteiger partial charge is 0.251 e. The molecule has 1 atom stereocenters. The highest BCUT2D eigenvalue weighted by Crippen LogP contribution is 2.17. The number of nitrogens with one attached hydrogen (secondary N) is 1. The Labute approximate surface area is 211 Å². The second-order valence-electron chi connectivity index (χ2n) is 8.17. The van der Waals surface area contributed by atoms with Crippen molar-refractivity contribution in [3.8, 4) is 0 Å². The number of ether oxygens (including phenoxy) is 1. The number of anilines is 1. The van der Waals surface area contributed by atoms with Crippen molar-refractivity contribution < 1.29 is 13.9 Å². The number of nitrogens with zero attached hydrogens (tertiary/aromatic N) is 3. The third-order valence-corrected chi connectivity index (χ3v) is 5.92. The van der Waals surface area contributed by atoms with E-state index in [1.54, 1.807) is 18.2 Å². The van der Waals surface area contributed by atoms with Gasteiger partial charge in [-0.15, -0.1) is 24.0 Å². The van der Waals surface area contributed by atoms with Crippen LogP contribution < -0.4 is 16.0 Å². The molecular weight excluding hydrogens is 536 g/mol. The molecule has 2 aliphatic heterocycles. The van der Waals surface area contributed by atoms with E-state index in [9.17, 15) is 9.18 Å². The number of hydrogen-bond acceptors (Lipinski definition) is 4. The molecule has 2 aliphatic rings. The summed E-state index contributed by atoms with van der Waals surface area (Å²) in [6.07, 6.45) is 2.17. The fourth-order valence-corrected chi connectivity index (χ4v) is 4.04. The van der Waals surface area contributed by atoms with Gasteiger partial charge in [-0.25, -0.2) is 9.38 Å². The normalized spacial score (nSPS) is 18.7. The van der Waals surface area contributed by atoms with Gasteiger partial charge in [-0.3, -0.25) is 4.79 Å². The Bertz CT molecular complexity index is 942. The van der Waals surface area contributed by atoms with Gasteiger partial charge in [-0.2, -0.15) is 0 Å². The maximum atomic E-state index is 13.1. The largest absolute Gasteiger partial charge is 0.376 e. The van der Waals surface area contributed by atoms with Crippen LogP contribution in [0.1, 0.15) is 28.8 Å². The topological polar surface area (TPSA) is 83.2 Å². The molecule has 0 spiro atoms. The molecule has 0 bridgehead atoms. The van der Waals surface area contributed by atoms with Gasteiger partial charge >= 0.3 is 0 Å². The summed E-state index contributed by atoms with van der Waals surface area (Å²) in [5.41, 5.74) is 8.79. The Kier molecular flexibility index (Phi) is 9.30. The molecule has 0 aromatic heterocycles. The second kappa shape index (κ2) is 12.2. The van der Waals surface area contributed by atoms with Crippen LogP contribution in [0.3, 0.4) is 0 Å². The molecule has 2 fully saturated rings. The van der Waals surface area contributed by atoms with E-state index >= 15 is 0 Å². The Morgan fingerprint density at radius 2 is 1.91 bits per heavy atom. The molecule has 9 heteroatoms. The third kappa shape index (κ3) is 7.04. The highest BCUT2D eigenvalue weighted by Gasteiger charge is 2.19. The number of guanidine groups is 1. The lowest BCUT2D eigenvalue weighted by molar-refractivity contribution is 0.0857. The van der Waals surface area contributed by atoms with Crippen LogP contribution in [0.4, 0.5) is 10.1 Å². The van der Waals surface area contributed by atoms with Crippen LogP contribution >= 0.6 is 24.0 Å². The lowest BCUT2D eigenvalue weighted by Gasteiger charge is -2.36. The minimum atomic E-state index is -0.229. The molecule has 4 rings (SSSR count).